The highest BCUT2D eigenvalue weighted by Crippen LogP contribution is 2.32. The van der Waals surface area contributed by atoms with Crippen LogP contribution in [-0.4, -0.2) is 27.6 Å². The monoisotopic (exact) mass is 362 g/mol. The highest BCUT2D eigenvalue weighted by Gasteiger charge is 2.34. The number of likely N-dealkylation sites (tertiary alicyclic amines) is 1. The highest BCUT2D eigenvalue weighted by molar-refractivity contribution is 5.89. The molecule has 1 aliphatic heterocycles. The topological polar surface area (TPSA) is 71.3 Å². The van der Waals surface area contributed by atoms with Crippen molar-refractivity contribution in [1.82, 2.24) is 15.0 Å². The fourth-order valence-corrected chi connectivity index (χ4v) is 3.41. The molecule has 6 heteroatoms. The summed E-state index contributed by atoms with van der Waals surface area (Å²) in [5.74, 6) is 1.04. The fraction of sp³-hybridized carbons (Fsp3) is 0.286. The number of nitrogens with one attached hydrogen (secondary N) is 1. The van der Waals surface area contributed by atoms with Crippen LogP contribution < -0.4 is 5.32 Å². The molecule has 4 rings (SSSR count). The minimum atomic E-state index is -0.190. The summed E-state index contributed by atoms with van der Waals surface area (Å²) in [5.41, 5.74) is 2.90. The summed E-state index contributed by atoms with van der Waals surface area (Å²) >= 11 is 0. The molecule has 1 aromatic heterocycles. The van der Waals surface area contributed by atoms with Gasteiger partial charge in [-0.15, -0.1) is 0 Å². The van der Waals surface area contributed by atoms with Gasteiger partial charge in [0, 0.05) is 17.8 Å². The van der Waals surface area contributed by atoms with Crippen molar-refractivity contribution in [3.05, 3.63) is 66.1 Å². The molecule has 2 heterocycles. The Morgan fingerprint density at radius 2 is 2.07 bits per heavy atom. The molecule has 0 radical (unpaired) electrons. The Morgan fingerprint density at radius 3 is 2.89 bits per heavy atom. The SMILES string of the molecule is CCc1cccc(NC(=O)N2CCCC2c2nc(-c3ccccc3)no2)c1. The number of benzene rings is 2. The average Bonchev–Trinajstić information content (AvgIpc) is 3.38. The number of amides is 2. The summed E-state index contributed by atoms with van der Waals surface area (Å²) in [7, 11) is 0. The van der Waals surface area contributed by atoms with Gasteiger partial charge in [-0.1, -0.05) is 54.5 Å². The van der Waals surface area contributed by atoms with Gasteiger partial charge in [-0.25, -0.2) is 4.79 Å². The molecule has 2 aromatic carbocycles. The van der Waals surface area contributed by atoms with Crippen LogP contribution in [0, 0.1) is 0 Å². The maximum Gasteiger partial charge on any atom is 0.322 e. The van der Waals surface area contributed by atoms with E-state index >= 15 is 0 Å². The summed E-state index contributed by atoms with van der Waals surface area (Å²) in [6, 6.07) is 17.3. The average molecular weight is 362 g/mol. The summed E-state index contributed by atoms with van der Waals surface area (Å²) in [6.45, 7) is 2.77. The van der Waals surface area contributed by atoms with Crippen molar-refractivity contribution >= 4 is 11.7 Å². The van der Waals surface area contributed by atoms with Crippen LogP contribution in [0.1, 0.15) is 37.3 Å². The number of aromatic nitrogens is 2. The summed E-state index contributed by atoms with van der Waals surface area (Å²) in [6.07, 6.45) is 2.66. The standard InChI is InChI=1S/C21H22N4O2/c1-2-15-8-6-11-17(14-15)22-21(26)25-13-7-12-18(25)20-23-19(24-27-20)16-9-4-3-5-10-16/h3-6,8-11,14,18H,2,7,12-13H2,1H3,(H,22,26). The molecule has 1 N–H and O–H groups in total. The first kappa shape index (κ1) is 17.3. The summed E-state index contributed by atoms with van der Waals surface area (Å²) in [5, 5.41) is 7.08. The third-order valence-electron chi connectivity index (χ3n) is 4.86. The molecule has 1 aliphatic rings. The highest BCUT2D eigenvalue weighted by atomic mass is 16.5. The van der Waals surface area contributed by atoms with E-state index in [2.05, 4.69) is 28.4 Å². The van der Waals surface area contributed by atoms with Crippen LogP contribution in [0.25, 0.3) is 11.4 Å². The van der Waals surface area contributed by atoms with Crippen molar-refractivity contribution in [1.29, 1.82) is 0 Å². The largest absolute Gasteiger partial charge is 0.337 e. The maximum absolute atomic E-state index is 12.8. The predicted octanol–water partition coefficient (Wildman–Crippen LogP) is 4.67. The van der Waals surface area contributed by atoms with Gasteiger partial charge in [-0.05, 0) is 37.0 Å². The molecule has 1 saturated heterocycles. The van der Waals surface area contributed by atoms with Crippen molar-refractivity contribution < 1.29 is 9.32 Å². The lowest BCUT2D eigenvalue weighted by Gasteiger charge is -2.22. The van der Waals surface area contributed by atoms with Crippen LogP contribution in [0.2, 0.25) is 0 Å². The summed E-state index contributed by atoms with van der Waals surface area (Å²) in [4.78, 5) is 19.1. The molecule has 0 spiro atoms. The van der Waals surface area contributed by atoms with Crippen molar-refractivity contribution in [3.8, 4) is 11.4 Å². The second-order valence-corrected chi connectivity index (χ2v) is 6.66. The molecule has 3 aromatic rings. The van der Waals surface area contributed by atoms with Crippen LogP contribution in [-0.2, 0) is 6.42 Å². The van der Waals surface area contributed by atoms with Gasteiger partial charge in [0.1, 0.15) is 6.04 Å². The minimum Gasteiger partial charge on any atom is -0.337 e. The molecule has 1 fully saturated rings. The Labute approximate surface area is 158 Å². The van der Waals surface area contributed by atoms with Crippen molar-refractivity contribution in [3.63, 3.8) is 0 Å². The van der Waals surface area contributed by atoms with Gasteiger partial charge in [0.15, 0.2) is 0 Å². The van der Waals surface area contributed by atoms with E-state index in [4.69, 9.17) is 4.52 Å². The van der Waals surface area contributed by atoms with Gasteiger partial charge < -0.3 is 14.7 Å². The lowest BCUT2D eigenvalue weighted by atomic mass is 10.1. The number of carbonyl (C=O) groups excluding carboxylic acids is 1. The zero-order chi connectivity index (χ0) is 18.6. The first-order chi connectivity index (χ1) is 13.2. The lowest BCUT2D eigenvalue weighted by Crippen LogP contribution is -2.34. The van der Waals surface area contributed by atoms with Crippen LogP contribution in [0.3, 0.4) is 0 Å². The number of nitrogens with zero attached hydrogens (tertiary/aromatic N) is 3. The molecule has 2 amide bonds. The number of anilines is 1. The fourth-order valence-electron chi connectivity index (χ4n) is 3.41. The first-order valence-corrected chi connectivity index (χ1v) is 9.30. The van der Waals surface area contributed by atoms with Gasteiger partial charge in [0.25, 0.3) is 0 Å². The van der Waals surface area contributed by atoms with E-state index < -0.39 is 0 Å². The second kappa shape index (κ2) is 7.61. The number of hydrogen-bond acceptors (Lipinski definition) is 4. The third kappa shape index (κ3) is 3.69. The number of aryl methyl sites for hydroxylation is 1. The van der Waals surface area contributed by atoms with Crippen LogP contribution in [0.4, 0.5) is 10.5 Å². The zero-order valence-corrected chi connectivity index (χ0v) is 15.3. The van der Waals surface area contributed by atoms with E-state index in [1.54, 1.807) is 4.90 Å². The first-order valence-electron chi connectivity index (χ1n) is 9.30. The number of hydrogen-bond donors (Lipinski definition) is 1. The van der Waals surface area contributed by atoms with Gasteiger partial charge in [0.05, 0.1) is 0 Å². The van der Waals surface area contributed by atoms with Crippen molar-refractivity contribution in [2.75, 3.05) is 11.9 Å². The van der Waals surface area contributed by atoms with Gasteiger partial charge in [0.2, 0.25) is 11.7 Å². The van der Waals surface area contributed by atoms with E-state index in [9.17, 15) is 4.79 Å². The van der Waals surface area contributed by atoms with E-state index in [0.717, 1.165) is 30.5 Å². The molecular weight excluding hydrogens is 340 g/mol. The Bertz CT molecular complexity index is 923. The quantitative estimate of drug-likeness (QED) is 0.732. The van der Waals surface area contributed by atoms with Crippen LogP contribution in [0.5, 0.6) is 0 Å². The lowest BCUT2D eigenvalue weighted by molar-refractivity contribution is 0.193. The molecule has 1 atom stereocenters. The number of carbonyl (C=O) groups is 1. The van der Waals surface area contributed by atoms with Crippen LogP contribution >= 0.6 is 0 Å². The molecular formula is C21H22N4O2. The number of rotatable bonds is 4. The maximum atomic E-state index is 12.8. The van der Waals surface area contributed by atoms with Gasteiger partial charge in [-0.2, -0.15) is 4.98 Å². The third-order valence-corrected chi connectivity index (χ3v) is 4.86. The molecule has 138 valence electrons. The second-order valence-electron chi connectivity index (χ2n) is 6.66. The van der Waals surface area contributed by atoms with Crippen LogP contribution in [0.15, 0.2) is 59.1 Å². The Balaban J connectivity index is 1.50. The molecule has 1 unspecified atom stereocenters. The Kier molecular flexibility index (Phi) is 4.87. The molecule has 0 aliphatic carbocycles. The zero-order valence-electron chi connectivity index (χ0n) is 15.3. The Hall–Kier alpha value is -3.15. The van der Waals surface area contributed by atoms with E-state index in [-0.39, 0.29) is 12.1 Å². The van der Waals surface area contributed by atoms with E-state index in [0.29, 0.717) is 18.3 Å². The molecule has 0 bridgehead atoms. The minimum absolute atomic E-state index is 0.134. The van der Waals surface area contributed by atoms with Gasteiger partial charge >= 0.3 is 6.03 Å². The smallest absolute Gasteiger partial charge is 0.322 e. The summed E-state index contributed by atoms with van der Waals surface area (Å²) < 4.78 is 5.49. The molecule has 6 nitrogen and oxygen atoms in total. The molecule has 27 heavy (non-hydrogen) atoms. The predicted molar refractivity (Wildman–Crippen MR) is 103 cm³/mol. The molecule has 0 saturated carbocycles. The number of urea groups is 1. The van der Waals surface area contributed by atoms with Gasteiger partial charge in [-0.3, -0.25) is 0 Å². The van der Waals surface area contributed by atoms with Crippen molar-refractivity contribution in [2.24, 2.45) is 0 Å². The van der Waals surface area contributed by atoms with Crippen molar-refractivity contribution in [2.45, 2.75) is 32.2 Å². The Morgan fingerprint density at radius 1 is 1.22 bits per heavy atom. The van der Waals surface area contributed by atoms with E-state index in [1.807, 2.05) is 48.5 Å². The van der Waals surface area contributed by atoms with E-state index in [1.165, 1.54) is 5.56 Å². The normalized spacial score (nSPS) is 16.5.